The summed E-state index contributed by atoms with van der Waals surface area (Å²) in [5, 5.41) is 2.93. The summed E-state index contributed by atoms with van der Waals surface area (Å²) in [6, 6.07) is 12.3. The molecule has 1 aromatic heterocycles. The number of para-hydroxylation sites is 1. The first kappa shape index (κ1) is 17.4. The Morgan fingerprint density at radius 1 is 1.24 bits per heavy atom. The van der Waals surface area contributed by atoms with Crippen molar-refractivity contribution in [3.8, 4) is 0 Å². The zero-order valence-electron chi connectivity index (χ0n) is 15.0. The molecule has 0 saturated carbocycles. The van der Waals surface area contributed by atoms with Gasteiger partial charge in [-0.05, 0) is 63.7 Å². The number of benzene rings is 1. The Labute approximate surface area is 149 Å². The van der Waals surface area contributed by atoms with E-state index in [9.17, 15) is 4.79 Å². The molecule has 0 fully saturated rings. The molecule has 2 aromatic rings. The Balaban J connectivity index is 1.64. The van der Waals surface area contributed by atoms with Gasteiger partial charge in [0.1, 0.15) is 5.69 Å². The largest absolute Gasteiger partial charge is 0.351 e. The highest BCUT2D eigenvalue weighted by Crippen LogP contribution is 2.32. The van der Waals surface area contributed by atoms with Crippen LogP contribution in [0.3, 0.4) is 0 Å². The monoisotopic (exact) mass is 338 g/mol. The number of amides is 1. The summed E-state index contributed by atoms with van der Waals surface area (Å²) in [5.41, 5.74) is 4.13. The molecular formula is C20H26N4O. The van der Waals surface area contributed by atoms with Crippen LogP contribution in [0.25, 0.3) is 0 Å². The molecule has 5 heteroatoms. The number of hydrogen-bond acceptors (Lipinski definition) is 4. The average Bonchev–Trinajstić information content (AvgIpc) is 2.64. The van der Waals surface area contributed by atoms with Gasteiger partial charge in [0.25, 0.3) is 5.91 Å². The van der Waals surface area contributed by atoms with Gasteiger partial charge in [-0.15, -0.1) is 0 Å². The molecule has 1 N–H and O–H groups in total. The first-order valence-corrected chi connectivity index (χ1v) is 8.89. The lowest BCUT2D eigenvalue weighted by atomic mass is 10.0. The van der Waals surface area contributed by atoms with Gasteiger partial charge in [-0.25, -0.2) is 4.98 Å². The minimum Gasteiger partial charge on any atom is -0.351 e. The van der Waals surface area contributed by atoms with Crippen molar-refractivity contribution in [1.29, 1.82) is 0 Å². The number of aryl methyl sites for hydroxylation is 1. The van der Waals surface area contributed by atoms with E-state index in [2.05, 4.69) is 44.4 Å². The van der Waals surface area contributed by atoms with E-state index in [1.54, 1.807) is 6.20 Å². The maximum absolute atomic E-state index is 12.2. The van der Waals surface area contributed by atoms with Crippen molar-refractivity contribution in [2.24, 2.45) is 0 Å². The lowest BCUT2D eigenvalue weighted by molar-refractivity contribution is 0.0947. The first-order valence-electron chi connectivity index (χ1n) is 8.89. The zero-order chi connectivity index (χ0) is 17.6. The fraction of sp³-hybridized carbons (Fsp3) is 0.400. The van der Waals surface area contributed by atoms with Gasteiger partial charge in [0.05, 0.1) is 11.9 Å². The van der Waals surface area contributed by atoms with Crippen molar-refractivity contribution in [3.63, 3.8) is 0 Å². The molecule has 0 bridgehead atoms. The number of pyridine rings is 1. The van der Waals surface area contributed by atoms with Gasteiger partial charge in [0, 0.05) is 18.8 Å². The van der Waals surface area contributed by atoms with Crippen LogP contribution >= 0.6 is 0 Å². The van der Waals surface area contributed by atoms with Gasteiger partial charge in [-0.1, -0.05) is 18.2 Å². The van der Waals surface area contributed by atoms with E-state index >= 15 is 0 Å². The molecule has 5 nitrogen and oxygen atoms in total. The van der Waals surface area contributed by atoms with Crippen molar-refractivity contribution in [3.05, 3.63) is 53.9 Å². The first-order chi connectivity index (χ1) is 12.1. The molecule has 1 amide bonds. The van der Waals surface area contributed by atoms with Gasteiger partial charge in [-0.2, -0.15) is 0 Å². The molecular weight excluding hydrogens is 312 g/mol. The lowest BCUT2D eigenvalue weighted by Crippen LogP contribution is -2.28. The van der Waals surface area contributed by atoms with Crippen LogP contribution in [0, 0.1) is 0 Å². The highest BCUT2D eigenvalue weighted by Gasteiger charge is 2.18. The maximum atomic E-state index is 12.2. The lowest BCUT2D eigenvalue weighted by Gasteiger charge is -2.31. The SMILES string of the molecule is CN(C)CCCNC(=O)c1ccc(N2CCCc3ccccc32)cn1. The fourth-order valence-corrected chi connectivity index (χ4v) is 3.17. The molecule has 0 radical (unpaired) electrons. The van der Waals surface area contributed by atoms with Crippen LogP contribution in [0.15, 0.2) is 42.6 Å². The molecule has 0 atom stereocenters. The van der Waals surface area contributed by atoms with Crippen molar-refractivity contribution in [1.82, 2.24) is 15.2 Å². The van der Waals surface area contributed by atoms with Crippen LogP contribution in [-0.4, -0.2) is 49.5 Å². The van der Waals surface area contributed by atoms with E-state index in [4.69, 9.17) is 0 Å². The summed E-state index contributed by atoms with van der Waals surface area (Å²) in [6.07, 6.45) is 4.98. The van der Waals surface area contributed by atoms with Crippen molar-refractivity contribution >= 4 is 17.3 Å². The molecule has 0 aliphatic carbocycles. The number of rotatable bonds is 6. The van der Waals surface area contributed by atoms with E-state index in [1.165, 1.54) is 11.3 Å². The van der Waals surface area contributed by atoms with Gasteiger partial charge >= 0.3 is 0 Å². The zero-order valence-corrected chi connectivity index (χ0v) is 15.0. The standard InChI is InChI=1S/C20H26N4O/c1-23(2)13-6-12-21-20(25)18-11-10-17(15-22-18)24-14-5-8-16-7-3-4-9-19(16)24/h3-4,7,9-11,15H,5-6,8,12-14H2,1-2H3,(H,21,25). The maximum Gasteiger partial charge on any atom is 0.269 e. The summed E-state index contributed by atoms with van der Waals surface area (Å²) in [5.74, 6) is -0.107. The molecule has 25 heavy (non-hydrogen) atoms. The topological polar surface area (TPSA) is 48.5 Å². The molecule has 1 aromatic carbocycles. The van der Waals surface area contributed by atoms with Gasteiger partial charge in [0.15, 0.2) is 0 Å². The third-order valence-electron chi connectivity index (χ3n) is 4.47. The minimum absolute atomic E-state index is 0.107. The van der Waals surface area contributed by atoms with Crippen LogP contribution in [0.5, 0.6) is 0 Å². The third-order valence-corrected chi connectivity index (χ3v) is 4.47. The van der Waals surface area contributed by atoms with Crippen LogP contribution in [0.4, 0.5) is 11.4 Å². The third kappa shape index (κ3) is 4.37. The highest BCUT2D eigenvalue weighted by molar-refractivity contribution is 5.92. The smallest absolute Gasteiger partial charge is 0.269 e. The second-order valence-electron chi connectivity index (χ2n) is 6.70. The Kier molecular flexibility index (Phi) is 5.66. The van der Waals surface area contributed by atoms with Gasteiger partial charge in [-0.3, -0.25) is 4.79 Å². The molecule has 1 aliphatic heterocycles. The molecule has 3 rings (SSSR count). The molecule has 1 aliphatic rings. The average molecular weight is 338 g/mol. The Morgan fingerprint density at radius 3 is 2.84 bits per heavy atom. The highest BCUT2D eigenvalue weighted by atomic mass is 16.1. The summed E-state index contributed by atoms with van der Waals surface area (Å²) < 4.78 is 0. The van der Waals surface area contributed by atoms with E-state index in [0.29, 0.717) is 12.2 Å². The number of anilines is 2. The number of aromatic nitrogens is 1. The Bertz CT molecular complexity index is 712. The number of nitrogens with zero attached hydrogens (tertiary/aromatic N) is 3. The summed E-state index contributed by atoms with van der Waals surface area (Å²) in [7, 11) is 4.06. The van der Waals surface area contributed by atoms with E-state index in [0.717, 1.165) is 38.0 Å². The van der Waals surface area contributed by atoms with Crippen LogP contribution in [0.1, 0.15) is 28.9 Å². The van der Waals surface area contributed by atoms with Crippen molar-refractivity contribution < 1.29 is 4.79 Å². The Morgan fingerprint density at radius 2 is 2.08 bits per heavy atom. The predicted molar refractivity (Wildman–Crippen MR) is 102 cm³/mol. The normalized spacial score (nSPS) is 13.6. The molecule has 0 saturated heterocycles. The van der Waals surface area contributed by atoms with E-state index < -0.39 is 0 Å². The molecule has 0 spiro atoms. The molecule has 132 valence electrons. The van der Waals surface area contributed by atoms with E-state index in [1.807, 2.05) is 26.2 Å². The van der Waals surface area contributed by atoms with Crippen molar-refractivity contribution in [2.45, 2.75) is 19.3 Å². The van der Waals surface area contributed by atoms with Crippen LogP contribution < -0.4 is 10.2 Å². The second kappa shape index (κ2) is 8.12. The van der Waals surface area contributed by atoms with Crippen LogP contribution in [-0.2, 0) is 6.42 Å². The van der Waals surface area contributed by atoms with Crippen molar-refractivity contribution in [2.75, 3.05) is 38.6 Å². The fourth-order valence-electron chi connectivity index (χ4n) is 3.17. The summed E-state index contributed by atoms with van der Waals surface area (Å²) in [6.45, 7) is 2.61. The second-order valence-corrected chi connectivity index (χ2v) is 6.70. The summed E-state index contributed by atoms with van der Waals surface area (Å²) >= 11 is 0. The predicted octanol–water partition coefficient (Wildman–Crippen LogP) is 2.85. The van der Waals surface area contributed by atoms with Gasteiger partial charge < -0.3 is 15.1 Å². The Hall–Kier alpha value is -2.40. The van der Waals surface area contributed by atoms with Gasteiger partial charge in [0.2, 0.25) is 0 Å². The molecule has 0 unspecified atom stereocenters. The number of nitrogens with one attached hydrogen (secondary N) is 1. The van der Waals surface area contributed by atoms with E-state index in [-0.39, 0.29) is 5.91 Å². The summed E-state index contributed by atoms with van der Waals surface area (Å²) in [4.78, 5) is 20.9. The number of carbonyl (C=O) groups is 1. The number of hydrogen-bond donors (Lipinski definition) is 1. The molecule has 2 heterocycles. The van der Waals surface area contributed by atoms with Crippen LogP contribution in [0.2, 0.25) is 0 Å². The minimum atomic E-state index is -0.107. The number of carbonyl (C=O) groups excluding carboxylic acids is 1. The number of fused-ring (bicyclic) bond motifs is 1. The quantitative estimate of drug-likeness (QED) is 0.823.